The van der Waals surface area contributed by atoms with Crippen molar-refractivity contribution in [1.82, 2.24) is 20.2 Å². The molecule has 0 spiro atoms. The second kappa shape index (κ2) is 11.3. The van der Waals surface area contributed by atoms with Crippen molar-refractivity contribution in [2.24, 2.45) is 10.6 Å². The third-order valence-electron chi connectivity index (χ3n) is 5.12. The molecule has 182 valence electrons. The zero-order chi connectivity index (χ0) is 24.6. The monoisotopic (exact) mass is 586 g/mol. The normalized spacial score (nSPS) is 23.9. The van der Waals surface area contributed by atoms with Crippen LogP contribution in [-0.4, -0.2) is 104 Å². The van der Waals surface area contributed by atoms with Gasteiger partial charge in [0.2, 0.25) is 5.91 Å². The van der Waals surface area contributed by atoms with Gasteiger partial charge in [0.15, 0.2) is 15.3 Å². The van der Waals surface area contributed by atoms with Gasteiger partial charge >= 0.3 is 35.5 Å². The number of carbonyl (C=O) groups excluding carboxylic acids is 2. The molecule has 2 unspecified atom stereocenters. The summed E-state index contributed by atoms with van der Waals surface area (Å²) in [6, 6.07) is -0.846. The Balaban J connectivity index is 0.00000342. The maximum absolute atomic E-state index is 12.8. The predicted molar refractivity (Wildman–Crippen MR) is 138 cm³/mol. The zero-order valence-corrected chi connectivity index (χ0v) is 21.2. The number of aliphatic carboxylic acids is 1. The molecule has 4 heterocycles. The van der Waals surface area contributed by atoms with E-state index in [1.807, 2.05) is 0 Å². The second-order valence-corrected chi connectivity index (χ2v) is 11.2. The number of rotatable bonds is 7. The predicted octanol–water partition coefficient (Wildman–Crippen LogP) is 1.37. The van der Waals surface area contributed by atoms with Gasteiger partial charge in [0.1, 0.15) is 34.8 Å². The van der Waals surface area contributed by atoms with E-state index in [1.54, 1.807) is 11.5 Å². The minimum absolute atomic E-state index is 0. The number of thioether (sulfide) groups is 1. The van der Waals surface area contributed by atoms with E-state index in [0.717, 1.165) is 22.7 Å². The topological polar surface area (TPSA) is 160 Å². The number of carbonyl (C=O) groups is 3. The fraction of sp³-hybridized carbons (Fsp3) is 0.333. The molecule has 2 amide bonds. The van der Waals surface area contributed by atoms with Crippen LogP contribution in [0.2, 0.25) is 9.62 Å². The summed E-state index contributed by atoms with van der Waals surface area (Å²) in [5, 5.41) is 17.8. The van der Waals surface area contributed by atoms with E-state index in [2.05, 4.69) is 20.4 Å². The van der Waals surface area contributed by atoms with Gasteiger partial charge in [0.25, 0.3) is 5.91 Å². The number of halogens is 2. The number of nitrogens with two attached hydrogens (primary N) is 1. The number of carboxylic acid groups (broad SMARTS) is 1. The van der Waals surface area contributed by atoms with Crippen LogP contribution in [0.3, 0.4) is 0 Å². The molecule has 2 saturated heterocycles. The molecule has 0 aromatic carbocycles. The third kappa shape index (κ3) is 5.64. The summed E-state index contributed by atoms with van der Waals surface area (Å²) in [7, 11) is 1.28. The maximum atomic E-state index is 12.8. The van der Waals surface area contributed by atoms with Gasteiger partial charge in [-0.1, -0.05) is 34.4 Å². The standard InChI is InChI=1S/C18H16Cl2N6O5S3.Na.H/c1-31-25-9(7-4-32-17(21)22-7)12(27)23-10-13(28)26-5-18(15(29)30,6-33-14(10)26)3-2-8-11(19)24-16(20)34-8;;/h2-4,10,14H,5-6H2,1H3,(H2,21,22)(H,23,27)(H,29,30);;/t10?,14-,18?;;/m1../s1. The average molecular weight is 587 g/mol. The van der Waals surface area contributed by atoms with Crippen LogP contribution in [0.1, 0.15) is 10.6 Å². The van der Waals surface area contributed by atoms with Crippen LogP contribution >= 0.6 is 57.6 Å². The molecule has 17 heteroatoms. The first-order chi connectivity index (χ1) is 16.1. The molecular formula is C18H17Cl2N6NaO5S3. The number of oxime groups is 1. The SMILES string of the molecule is CON=C(C(=O)NC1C(=O)N2CC(C=Cc3sc(Cl)nc3Cl)(C(=O)O)CS[C@H]12)c1csc(N)n1.[NaH]. The van der Waals surface area contributed by atoms with Crippen LogP contribution in [-0.2, 0) is 19.2 Å². The van der Waals surface area contributed by atoms with E-state index in [-0.39, 0.29) is 68.0 Å². The van der Waals surface area contributed by atoms with Crippen molar-refractivity contribution >= 4 is 122 Å². The van der Waals surface area contributed by atoms with Gasteiger partial charge in [0.05, 0.1) is 4.88 Å². The Labute approximate surface area is 243 Å². The van der Waals surface area contributed by atoms with Gasteiger partial charge in [-0.15, -0.1) is 34.4 Å². The van der Waals surface area contributed by atoms with Crippen molar-refractivity contribution < 1.29 is 24.3 Å². The van der Waals surface area contributed by atoms with Crippen molar-refractivity contribution in [3.05, 3.63) is 31.6 Å². The number of hydrogen-bond donors (Lipinski definition) is 3. The first kappa shape index (κ1) is 28.2. The Bertz CT molecular complexity index is 1220. The van der Waals surface area contributed by atoms with Gasteiger partial charge in [-0.3, -0.25) is 14.4 Å². The fourth-order valence-electron chi connectivity index (χ4n) is 3.42. The van der Waals surface area contributed by atoms with E-state index in [9.17, 15) is 19.5 Å². The molecule has 4 N–H and O–H groups in total. The van der Waals surface area contributed by atoms with Crippen LogP contribution < -0.4 is 11.1 Å². The molecule has 2 aliphatic rings. The number of carboxylic acids is 1. The number of anilines is 1. The molecule has 3 atom stereocenters. The van der Waals surface area contributed by atoms with Crippen LogP contribution in [0, 0.1) is 5.41 Å². The number of nitrogens with zero attached hydrogens (tertiary/aromatic N) is 4. The van der Waals surface area contributed by atoms with Crippen molar-refractivity contribution in [3.8, 4) is 0 Å². The molecular weight excluding hydrogens is 570 g/mol. The van der Waals surface area contributed by atoms with Crippen molar-refractivity contribution in [2.45, 2.75) is 11.4 Å². The molecule has 2 fully saturated rings. The number of thiazole rings is 2. The number of hydrogen-bond acceptors (Lipinski definition) is 11. The van der Waals surface area contributed by atoms with E-state index in [0.29, 0.717) is 4.88 Å². The molecule has 0 radical (unpaired) electrons. The third-order valence-corrected chi connectivity index (χ3v) is 8.87. The first-order valence-electron chi connectivity index (χ1n) is 9.45. The summed E-state index contributed by atoms with van der Waals surface area (Å²) in [4.78, 5) is 52.4. The first-order valence-corrected chi connectivity index (χ1v) is 12.9. The number of aromatic nitrogens is 2. The molecule has 35 heavy (non-hydrogen) atoms. The average Bonchev–Trinajstić information content (AvgIpc) is 3.37. The molecule has 0 bridgehead atoms. The van der Waals surface area contributed by atoms with Crippen LogP contribution in [0.4, 0.5) is 5.13 Å². The number of nitrogens with one attached hydrogen (secondary N) is 1. The zero-order valence-electron chi connectivity index (χ0n) is 17.2. The van der Waals surface area contributed by atoms with Crippen LogP contribution in [0.5, 0.6) is 0 Å². The van der Waals surface area contributed by atoms with Crippen LogP contribution in [0.15, 0.2) is 16.6 Å². The summed E-state index contributed by atoms with van der Waals surface area (Å²) < 4.78 is 0.236. The molecule has 0 aliphatic carbocycles. The number of fused-ring (bicyclic) bond motifs is 1. The Morgan fingerprint density at radius 3 is 2.74 bits per heavy atom. The van der Waals surface area contributed by atoms with Crippen molar-refractivity contribution in [3.63, 3.8) is 0 Å². The van der Waals surface area contributed by atoms with E-state index in [4.69, 9.17) is 33.8 Å². The van der Waals surface area contributed by atoms with Crippen molar-refractivity contribution in [1.29, 1.82) is 0 Å². The molecule has 4 rings (SSSR count). The Kier molecular flexibility index (Phi) is 9.13. The molecule has 2 aromatic rings. The summed E-state index contributed by atoms with van der Waals surface area (Å²) in [5.74, 6) is -1.97. The van der Waals surface area contributed by atoms with Gasteiger partial charge < -0.3 is 25.9 Å². The molecule has 2 aliphatic heterocycles. The number of β-lactam (4-membered cyclic amide) rings is 1. The Morgan fingerprint density at radius 2 is 2.17 bits per heavy atom. The second-order valence-electron chi connectivity index (χ2n) is 7.23. The Hall–Kier alpha value is -1.39. The number of amides is 2. The summed E-state index contributed by atoms with van der Waals surface area (Å²) in [6.07, 6.45) is 3.06. The Morgan fingerprint density at radius 1 is 1.43 bits per heavy atom. The summed E-state index contributed by atoms with van der Waals surface area (Å²) in [6.45, 7) is -0.0620. The fourth-order valence-corrected chi connectivity index (χ4v) is 6.76. The van der Waals surface area contributed by atoms with Gasteiger partial charge in [-0.05, 0) is 6.08 Å². The summed E-state index contributed by atoms with van der Waals surface area (Å²) >= 11 is 15.4. The van der Waals surface area contributed by atoms with Gasteiger partial charge in [-0.2, -0.15) is 0 Å². The van der Waals surface area contributed by atoms with Crippen molar-refractivity contribution in [2.75, 3.05) is 25.1 Å². The van der Waals surface area contributed by atoms with Gasteiger partial charge in [0, 0.05) is 17.7 Å². The van der Waals surface area contributed by atoms with E-state index >= 15 is 0 Å². The molecule has 11 nitrogen and oxygen atoms in total. The minimum atomic E-state index is -1.34. The summed E-state index contributed by atoms with van der Waals surface area (Å²) in [5.41, 5.74) is 4.39. The van der Waals surface area contributed by atoms with E-state index < -0.39 is 34.6 Å². The molecule has 2 aromatic heterocycles. The quantitative estimate of drug-likeness (QED) is 0.188. The van der Waals surface area contributed by atoms with Gasteiger partial charge in [-0.25, -0.2) is 9.97 Å². The molecule has 0 saturated carbocycles. The van der Waals surface area contributed by atoms with Crippen LogP contribution in [0.25, 0.3) is 6.08 Å². The number of nitrogen functional groups attached to an aromatic ring is 1. The van der Waals surface area contributed by atoms with E-state index in [1.165, 1.54) is 29.8 Å².